The van der Waals surface area contributed by atoms with Gasteiger partial charge >= 0.3 is 0 Å². The lowest BCUT2D eigenvalue weighted by Gasteiger charge is -2.46. The lowest BCUT2D eigenvalue weighted by molar-refractivity contribution is -0.359. The number of rotatable bonds is 74. The molecule has 14 nitrogen and oxygen atoms in total. The van der Waals surface area contributed by atoms with E-state index in [9.17, 15) is 45.6 Å². The summed E-state index contributed by atoms with van der Waals surface area (Å²) in [6.07, 6.45) is 81.4. The second-order valence-corrected chi connectivity index (χ2v) is 30.6. The molecule has 9 N–H and O–H groups in total. The monoisotopic (exact) mass is 1440 g/mol. The van der Waals surface area contributed by atoms with Gasteiger partial charge in [0.25, 0.3) is 0 Å². The lowest BCUT2D eigenvalue weighted by Crippen LogP contribution is -2.65. The van der Waals surface area contributed by atoms with Crippen LogP contribution in [0.4, 0.5) is 0 Å². The molecule has 2 fully saturated rings. The van der Waals surface area contributed by atoms with Crippen LogP contribution in [0.25, 0.3) is 0 Å². The number of hydrogen-bond donors (Lipinski definition) is 9. The minimum Gasteiger partial charge on any atom is -0.394 e. The number of carbonyl (C=O) groups is 1. The molecule has 102 heavy (non-hydrogen) atoms. The van der Waals surface area contributed by atoms with Crippen LogP contribution in [-0.2, 0) is 23.7 Å². The van der Waals surface area contributed by atoms with Gasteiger partial charge in [-0.05, 0) is 57.8 Å². The van der Waals surface area contributed by atoms with Gasteiger partial charge in [-0.1, -0.05) is 396 Å². The minimum atomic E-state index is -1.78. The van der Waals surface area contributed by atoms with Crippen molar-refractivity contribution in [2.24, 2.45) is 0 Å². The largest absolute Gasteiger partial charge is 0.394 e. The number of carbonyl (C=O) groups excluding carboxylic acids is 1. The molecule has 0 aromatic heterocycles. The number of amides is 1. The van der Waals surface area contributed by atoms with E-state index in [2.05, 4.69) is 79.9 Å². The maximum Gasteiger partial charge on any atom is 0.220 e. The molecule has 12 atom stereocenters. The second kappa shape index (κ2) is 71.6. The molecule has 14 heteroatoms. The fourth-order valence-electron chi connectivity index (χ4n) is 14.4. The molecular weight excluding hydrogens is 1280 g/mol. The van der Waals surface area contributed by atoms with E-state index in [-0.39, 0.29) is 12.5 Å². The van der Waals surface area contributed by atoms with Gasteiger partial charge in [0, 0.05) is 6.42 Å². The Labute approximate surface area is 626 Å². The predicted molar refractivity (Wildman–Crippen MR) is 424 cm³/mol. The van der Waals surface area contributed by atoms with Crippen LogP contribution in [0.3, 0.4) is 0 Å². The van der Waals surface area contributed by atoms with Gasteiger partial charge in [-0.3, -0.25) is 4.79 Å². The Morgan fingerprint density at radius 1 is 0.363 bits per heavy atom. The van der Waals surface area contributed by atoms with Crippen molar-refractivity contribution in [2.75, 3.05) is 19.8 Å². The van der Waals surface area contributed by atoms with Gasteiger partial charge in [-0.25, -0.2) is 0 Å². The standard InChI is InChI=1S/C88H163NO13/c1-3-5-7-9-11-13-15-17-19-21-23-25-27-29-31-33-35-36-37-38-39-40-42-44-46-48-50-52-54-56-58-60-62-64-66-68-70-72-80(93)89-76(75-99-87-85(98)83(96)86(79(74-91)101-87)102-88-84(97)82(95)81(94)78(73-90)100-88)77(92)71-69-67-65-63-61-59-57-55-53-51-49-47-45-43-41-34-32-30-28-26-24-22-20-18-16-14-12-10-8-6-4-2/h5,7,11,13,17,19,23,25,29,31,76-79,81-88,90-92,94-98H,3-4,6,8-10,12,14-16,18,20-22,24,26-28,30,32-75H2,1-2H3,(H,89,93)/b7-5-,13-11-,19-17-,25-23-,31-29-. The molecule has 2 heterocycles. The molecule has 12 unspecified atom stereocenters. The summed E-state index contributed by atoms with van der Waals surface area (Å²) in [4.78, 5) is 13.4. The lowest BCUT2D eigenvalue weighted by atomic mass is 9.97. The molecule has 0 aromatic carbocycles. The number of ether oxygens (including phenoxy) is 4. The first kappa shape index (κ1) is 95.8. The van der Waals surface area contributed by atoms with Crippen molar-refractivity contribution >= 4 is 5.91 Å². The molecule has 598 valence electrons. The normalized spacial score (nSPS) is 21.9. The summed E-state index contributed by atoms with van der Waals surface area (Å²) in [5.74, 6) is -0.199. The van der Waals surface area contributed by atoms with Crippen LogP contribution < -0.4 is 5.32 Å². The van der Waals surface area contributed by atoms with Crippen molar-refractivity contribution in [3.63, 3.8) is 0 Å². The SMILES string of the molecule is CC/C=C\C/C=C\C/C=C\C/C=C\C/C=C\CCCCCCCCCCCCCCCCCCCCCCCC(=O)NC(COC1OC(CO)C(OC2OC(CO)C(O)C(O)C2O)C(O)C1O)C(O)CCCCCCCCCCCCCCCCCCCCCCCCCCCCCCCCC. The quantitative estimate of drug-likeness (QED) is 0.0204. The van der Waals surface area contributed by atoms with Gasteiger partial charge < -0.3 is 65.1 Å². The number of nitrogens with one attached hydrogen (secondary N) is 1. The molecule has 0 aromatic rings. The average molecular weight is 1440 g/mol. The third kappa shape index (κ3) is 53.5. The highest BCUT2D eigenvalue weighted by Gasteiger charge is 2.51. The third-order valence-corrected chi connectivity index (χ3v) is 21.2. The molecule has 2 rings (SSSR count). The van der Waals surface area contributed by atoms with E-state index in [0.29, 0.717) is 12.8 Å². The predicted octanol–water partition coefficient (Wildman–Crippen LogP) is 20.7. The van der Waals surface area contributed by atoms with Crippen molar-refractivity contribution in [3.05, 3.63) is 60.8 Å². The van der Waals surface area contributed by atoms with Crippen LogP contribution in [0.1, 0.15) is 399 Å². The maximum atomic E-state index is 13.4. The number of aliphatic hydroxyl groups excluding tert-OH is 8. The van der Waals surface area contributed by atoms with E-state index in [0.717, 1.165) is 83.5 Å². The average Bonchev–Trinajstić information content (AvgIpc) is 0.790. The van der Waals surface area contributed by atoms with Crippen LogP contribution in [0, 0.1) is 0 Å². The number of unbranched alkanes of at least 4 members (excludes halogenated alkanes) is 51. The van der Waals surface area contributed by atoms with Crippen molar-refractivity contribution in [1.82, 2.24) is 5.32 Å². The second-order valence-electron chi connectivity index (χ2n) is 30.6. The summed E-state index contributed by atoms with van der Waals surface area (Å²) in [5, 5.41) is 88.0. The van der Waals surface area contributed by atoms with E-state index in [1.54, 1.807) is 0 Å². The van der Waals surface area contributed by atoms with E-state index in [4.69, 9.17) is 18.9 Å². The first-order valence-corrected chi connectivity index (χ1v) is 43.5. The minimum absolute atomic E-state index is 0.199. The van der Waals surface area contributed by atoms with Crippen molar-refractivity contribution < 1.29 is 64.6 Å². The summed E-state index contributed by atoms with van der Waals surface area (Å²) in [5.41, 5.74) is 0. The van der Waals surface area contributed by atoms with Crippen LogP contribution in [-0.4, -0.2) is 140 Å². The molecular formula is C88H163NO13. The zero-order valence-corrected chi connectivity index (χ0v) is 65.9. The van der Waals surface area contributed by atoms with E-state index < -0.39 is 86.8 Å². The summed E-state index contributed by atoms with van der Waals surface area (Å²) in [7, 11) is 0. The third-order valence-electron chi connectivity index (χ3n) is 21.2. The van der Waals surface area contributed by atoms with Gasteiger partial charge in [0.15, 0.2) is 12.6 Å². The summed E-state index contributed by atoms with van der Waals surface area (Å²) in [6, 6.07) is -0.831. The van der Waals surface area contributed by atoms with E-state index in [1.165, 1.54) is 289 Å². The zero-order chi connectivity index (χ0) is 73.7. The molecule has 0 aliphatic carbocycles. The maximum absolute atomic E-state index is 13.4. The summed E-state index contributed by atoms with van der Waals surface area (Å²) < 4.78 is 23.0. The van der Waals surface area contributed by atoms with Gasteiger partial charge in [-0.15, -0.1) is 0 Å². The Morgan fingerprint density at radius 2 is 0.676 bits per heavy atom. The Bertz CT molecular complexity index is 1950. The number of allylic oxidation sites excluding steroid dienone is 10. The van der Waals surface area contributed by atoms with Crippen LogP contribution in [0.5, 0.6) is 0 Å². The fourth-order valence-corrected chi connectivity index (χ4v) is 14.4. The van der Waals surface area contributed by atoms with Crippen molar-refractivity contribution in [2.45, 2.75) is 473 Å². The molecule has 1 amide bonds. The summed E-state index contributed by atoms with van der Waals surface area (Å²) in [6.45, 7) is 2.82. The van der Waals surface area contributed by atoms with Gasteiger partial charge in [0.2, 0.25) is 5.91 Å². The smallest absolute Gasteiger partial charge is 0.220 e. The van der Waals surface area contributed by atoms with Crippen LogP contribution in [0.2, 0.25) is 0 Å². The highest BCUT2D eigenvalue weighted by molar-refractivity contribution is 5.76. The molecule has 0 saturated carbocycles. The molecule has 2 saturated heterocycles. The Morgan fingerprint density at radius 3 is 1.04 bits per heavy atom. The topological polar surface area (TPSA) is 228 Å². The van der Waals surface area contributed by atoms with E-state index >= 15 is 0 Å². The first-order chi connectivity index (χ1) is 50.1. The molecule has 0 spiro atoms. The Balaban J connectivity index is 1.56. The summed E-state index contributed by atoms with van der Waals surface area (Å²) >= 11 is 0. The van der Waals surface area contributed by atoms with Crippen LogP contribution >= 0.6 is 0 Å². The number of aliphatic hydroxyl groups is 8. The zero-order valence-electron chi connectivity index (χ0n) is 65.9. The number of hydrogen-bond acceptors (Lipinski definition) is 13. The highest BCUT2D eigenvalue weighted by atomic mass is 16.7. The van der Waals surface area contributed by atoms with E-state index in [1.807, 2.05) is 0 Å². The van der Waals surface area contributed by atoms with Crippen molar-refractivity contribution in [3.8, 4) is 0 Å². The highest BCUT2D eigenvalue weighted by Crippen LogP contribution is 2.31. The van der Waals surface area contributed by atoms with Gasteiger partial charge in [0.05, 0.1) is 32.0 Å². The molecule has 2 aliphatic rings. The fraction of sp³-hybridized carbons (Fsp3) is 0.875. The van der Waals surface area contributed by atoms with Gasteiger partial charge in [0.1, 0.15) is 48.8 Å². The van der Waals surface area contributed by atoms with Crippen molar-refractivity contribution in [1.29, 1.82) is 0 Å². The van der Waals surface area contributed by atoms with Gasteiger partial charge in [-0.2, -0.15) is 0 Å². The molecule has 0 bridgehead atoms. The first-order valence-electron chi connectivity index (χ1n) is 43.5. The molecule has 0 radical (unpaired) electrons. The Hall–Kier alpha value is -2.31. The molecule has 2 aliphatic heterocycles. The van der Waals surface area contributed by atoms with Crippen LogP contribution in [0.15, 0.2) is 60.8 Å². The Kier molecular flexibility index (Phi) is 67.2.